The summed E-state index contributed by atoms with van der Waals surface area (Å²) >= 11 is 7.14. The van der Waals surface area contributed by atoms with E-state index in [0.717, 1.165) is 33.8 Å². The molecule has 2 aromatic carbocycles. The van der Waals surface area contributed by atoms with E-state index in [4.69, 9.17) is 20.7 Å². The fourth-order valence-corrected chi connectivity index (χ4v) is 6.44. The van der Waals surface area contributed by atoms with Crippen LogP contribution in [0.25, 0.3) is 0 Å². The zero-order valence-corrected chi connectivity index (χ0v) is 26.0. The number of rotatable bonds is 4. The average Bonchev–Trinajstić information content (AvgIpc) is 2.68. The Hall–Kier alpha value is -1.44. The molecule has 0 fully saturated rings. The van der Waals surface area contributed by atoms with Crippen molar-refractivity contribution < 1.29 is 14.0 Å². The van der Waals surface area contributed by atoms with Gasteiger partial charge in [0.25, 0.3) is 0 Å². The van der Waals surface area contributed by atoms with Gasteiger partial charge in [-0.25, -0.2) is 0 Å². The van der Waals surface area contributed by atoms with Crippen molar-refractivity contribution in [1.82, 2.24) is 0 Å². The molecule has 0 aromatic heterocycles. The summed E-state index contributed by atoms with van der Waals surface area (Å²) in [6.07, 6.45) is 0. The molecule has 196 valence electrons. The molecule has 0 unspecified atom stereocenters. The van der Waals surface area contributed by atoms with Gasteiger partial charge in [0, 0.05) is 32.9 Å². The fraction of sp³-hybridized carbons (Fsp3) is 0.600. The largest absolute Gasteiger partial charge is 0.496 e. The molecule has 0 saturated heterocycles. The Kier molecular flexibility index (Phi) is 8.05. The van der Waals surface area contributed by atoms with E-state index in [1.54, 1.807) is 14.2 Å². The molecule has 0 saturated carbocycles. The van der Waals surface area contributed by atoms with E-state index in [1.807, 2.05) is 24.3 Å². The van der Waals surface area contributed by atoms with Gasteiger partial charge in [0.2, 0.25) is 6.49 Å². The van der Waals surface area contributed by atoms with Crippen LogP contribution in [0.4, 0.5) is 0 Å². The second-order valence-corrected chi connectivity index (χ2v) is 17.2. The van der Waals surface area contributed by atoms with Crippen molar-refractivity contribution in [3.8, 4) is 11.5 Å². The Morgan fingerprint density at radius 2 is 0.743 bits per heavy atom. The number of benzene rings is 2. The molecule has 0 N–H and O–H groups in total. The van der Waals surface area contributed by atoms with Crippen LogP contribution >= 0.6 is 17.7 Å². The highest BCUT2D eigenvalue weighted by Gasteiger charge is 2.36. The quantitative estimate of drug-likeness (QED) is 0.380. The Bertz CT molecular complexity index is 979. The SMILES string of the molecule is COc1c(C(C)(C)C)cc(P(=O)(Cl)c2cc(C(C)(C)C)c(OC)c(C(C)(C)C)c2)cc1C(C)(C)C. The van der Waals surface area contributed by atoms with Crippen molar-refractivity contribution in [1.29, 1.82) is 0 Å². The molecule has 5 heteroatoms. The monoisotopic (exact) mass is 520 g/mol. The van der Waals surface area contributed by atoms with E-state index in [1.165, 1.54) is 0 Å². The normalized spacial score (nSPS) is 13.7. The Labute approximate surface area is 219 Å². The third-order valence-corrected chi connectivity index (χ3v) is 9.47. The maximum Gasteiger partial charge on any atom is 0.225 e. The molecule has 3 nitrogen and oxygen atoms in total. The molecule has 0 aliphatic rings. The first-order valence-electron chi connectivity index (χ1n) is 12.3. The van der Waals surface area contributed by atoms with Crippen LogP contribution in [0.3, 0.4) is 0 Å². The van der Waals surface area contributed by atoms with Gasteiger partial charge in [0.05, 0.1) is 14.2 Å². The molecule has 0 amide bonds. The molecule has 0 spiro atoms. The lowest BCUT2D eigenvalue weighted by Gasteiger charge is -2.32. The lowest BCUT2D eigenvalue weighted by molar-refractivity contribution is 0.381. The van der Waals surface area contributed by atoms with E-state index < -0.39 is 6.49 Å². The summed E-state index contributed by atoms with van der Waals surface area (Å²) in [6.45, 7) is 22.2. The van der Waals surface area contributed by atoms with Gasteiger partial charge in [-0.3, -0.25) is 4.57 Å². The molecule has 0 aliphatic carbocycles. The summed E-state index contributed by atoms with van der Waals surface area (Å²) in [6, 6.07) is 7.94. The lowest BCUT2D eigenvalue weighted by Crippen LogP contribution is -2.26. The third-order valence-electron chi connectivity index (χ3n) is 6.45. The summed E-state index contributed by atoms with van der Waals surface area (Å²) in [5.74, 6) is 1.68. The number of hydrogen-bond donors (Lipinski definition) is 0. The number of methoxy groups -OCH3 is 2. The van der Waals surface area contributed by atoms with Crippen molar-refractivity contribution in [2.24, 2.45) is 0 Å². The van der Waals surface area contributed by atoms with Gasteiger partial charge in [0.1, 0.15) is 11.5 Å². The van der Waals surface area contributed by atoms with E-state index in [0.29, 0.717) is 10.6 Å². The van der Waals surface area contributed by atoms with Gasteiger partial charge >= 0.3 is 0 Å². The summed E-state index contributed by atoms with van der Waals surface area (Å²) in [5.41, 5.74) is 3.15. The third kappa shape index (κ3) is 6.11. The maximum atomic E-state index is 14.6. The van der Waals surface area contributed by atoms with Crippen LogP contribution in [0.1, 0.15) is 105 Å². The molecular weight excluding hydrogens is 475 g/mol. The van der Waals surface area contributed by atoms with Gasteiger partial charge in [-0.15, -0.1) is 0 Å². The highest BCUT2D eigenvalue weighted by molar-refractivity contribution is 8.00. The minimum absolute atomic E-state index is 0.217. The van der Waals surface area contributed by atoms with Crippen LogP contribution in [0.2, 0.25) is 0 Å². The summed E-state index contributed by atoms with van der Waals surface area (Å²) in [4.78, 5) is 0. The lowest BCUT2D eigenvalue weighted by atomic mass is 9.79. The zero-order valence-electron chi connectivity index (χ0n) is 24.4. The van der Waals surface area contributed by atoms with Gasteiger partial charge < -0.3 is 9.47 Å². The second kappa shape index (κ2) is 9.46. The van der Waals surface area contributed by atoms with Crippen molar-refractivity contribution >= 4 is 28.3 Å². The number of ether oxygens (including phenoxy) is 2. The predicted molar refractivity (Wildman–Crippen MR) is 154 cm³/mol. The first-order valence-corrected chi connectivity index (χ1v) is 14.9. The van der Waals surface area contributed by atoms with Gasteiger partial charge in [-0.2, -0.15) is 0 Å². The molecule has 0 heterocycles. The van der Waals surface area contributed by atoms with E-state index in [9.17, 15) is 4.57 Å². The minimum atomic E-state index is -3.48. The van der Waals surface area contributed by atoms with E-state index >= 15 is 0 Å². The van der Waals surface area contributed by atoms with Gasteiger partial charge in [-0.05, 0) is 57.2 Å². The van der Waals surface area contributed by atoms with Crippen molar-refractivity contribution in [3.63, 3.8) is 0 Å². The highest BCUT2D eigenvalue weighted by atomic mass is 35.7. The van der Waals surface area contributed by atoms with Crippen molar-refractivity contribution in [2.45, 2.75) is 105 Å². The molecule has 2 rings (SSSR count). The molecule has 0 atom stereocenters. The maximum absolute atomic E-state index is 14.6. The zero-order chi connectivity index (χ0) is 27.4. The summed E-state index contributed by atoms with van der Waals surface area (Å²) in [7, 11) is 3.41. The molecular formula is C30H46ClO3P. The molecule has 0 bridgehead atoms. The van der Waals surface area contributed by atoms with Crippen LogP contribution in [-0.2, 0) is 26.2 Å². The highest BCUT2D eigenvalue weighted by Crippen LogP contribution is 2.53. The van der Waals surface area contributed by atoms with Gasteiger partial charge in [-0.1, -0.05) is 83.1 Å². The Morgan fingerprint density at radius 1 is 0.543 bits per heavy atom. The predicted octanol–water partition coefficient (Wildman–Crippen LogP) is 8.36. The van der Waals surface area contributed by atoms with Crippen molar-refractivity contribution in [3.05, 3.63) is 46.5 Å². The van der Waals surface area contributed by atoms with Crippen LogP contribution in [0, 0.1) is 0 Å². The molecule has 2 aromatic rings. The molecule has 0 aliphatic heterocycles. The first kappa shape index (κ1) is 29.8. The van der Waals surface area contributed by atoms with Crippen LogP contribution < -0.4 is 20.1 Å². The minimum Gasteiger partial charge on any atom is -0.496 e. The summed E-state index contributed by atoms with van der Waals surface area (Å²) in [5, 5.41) is 1.28. The molecule has 0 radical (unpaired) electrons. The van der Waals surface area contributed by atoms with Crippen LogP contribution in [0.5, 0.6) is 11.5 Å². The standard InChI is InChI=1S/C30H46ClO3P/c1-27(2,3)21-15-19(16-22(25(21)33-13)28(4,5)6)35(31,32)20-17-23(29(7,8)9)26(34-14)24(18-20)30(10,11)12/h15-18H,1-14H3. The first-order chi connectivity index (χ1) is 15.6. The van der Waals surface area contributed by atoms with Crippen LogP contribution in [0.15, 0.2) is 24.3 Å². The average molecular weight is 521 g/mol. The smallest absolute Gasteiger partial charge is 0.225 e. The van der Waals surface area contributed by atoms with Gasteiger partial charge in [0.15, 0.2) is 0 Å². The topological polar surface area (TPSA) is 35.5 Å². The van der Waals surface area contributed by atoms with E-state index in [-0.39, 0.29) is 21.7 Å². The van der Waals surface area contributed by atoms with Crippen LogP contribution in [-0.4, -0.2) is 14.2 Å². The van der Waals surface area contributed by atoms with Crippen molar-refractivity contribution in [2.75, 3.05) is 14.2 Å². The second-order valence-electron chi connectivity index (χ2n) is 13.7. The summed E-state index contributed by atoms with van der Waals surface area (Å²) < 4.78 is 26.4. The number of halogens is 1. The number of hydrogen-bond acceptors (Lipinski definition) is 3. The Balaban J connectivity index is 3.02. The Morgan fingerprint density at radius 3 is 0.886 bits per heavy atom. The molecule has 35 heavy (non-hydrogen) atoms. The fourth-order valence-electron chi connectivity index (χ4n) is 4.38. The van der Waals surface area contributed by atoms with E-state index in [2.05, 4.69) is 83.1 Å².